The van der Waals surface area contributed by atoms with Crippen LogP contribution in [-0.2, 0) is 25.9 Å². The topological polar surface area (TPSA) is 47.9 Å². The Balaban J connectivity index is 3.20. The fraction of sp³-hybridized carbons (Fsp3) is 1.00. The zero-order valence-corrected chi connectivity index (χ0v) is 19.8. The first kappa shape index (κ1) is 27.5. The Hall–Kier alpha value is 0.490. The van der Waals surface area contributed by atoms with Crippen LogP contribution in [0.5, 0.6) is 0 Å². The third-order valence-corrected chi connectivity index (χ3v) is 5.86. The van der Waals surface area contributed by atoms with Gasteiger partial charge in [-0.25, -0.2) is 4.89 Å². The summed E-state index contributed by atoms with van der Waals surface area (Å²) in [6, 6.07) is 0. The standard InChI is InChI=1S/C21H45O4PS/c1-4-5-6-7-8-9-10-11-12-13-14-15-16-17-18-19-20-23-26(22,27)25-24-21(2)3/h21H,4-20H2,1-3H3,(H,22,27). The minimum atomic E-state index is -3.23. The molecular formula is C21H45O4PS. The molecule has 0 aromatic rings. The van der Waals surface area contributed by atoms with Crippen molar-refractivity contribution in [2.45, 2.75) is 130 Å². The van der Waals surface area contributed by atoms with Crippen LogP contribution < -0.4 is 0 Å². The van der Waals surface area contributed by atoms with Crippen molar-refractivity contribution >= 4 is 18.5 Å². The molecule has 1 atom stereocenters. The SMILES string of the molecule is CCCCCCCCCCCCCCCCCCOP(O)(=S)OOC(C)C. The lowest BCUT2D eigenvalue weighted by Gasteiger charge is -2.15. The van der Waals surface area contributed by atoms with Crippen LogP contribution in [0.15, 0.2) is 0 Å². The molecule has 6 heteroatoms. The van der Waals surface area contributed by atoms with Gasteiger partial charge in [-0.3, -0.25) is 0 Å². The molecule has 0 spiro atoms. The normalized spacial score (nSPS) is 14.0. The second kappa shape index (κ2) is 19.8. The molecule has 0 aliphatic carbocycles. The zero-order chi connectivity index (χ0) is 20.2. The molecule has 0 fully saturated rings. The quantitative estimate of drug-likeness (QED) is 0.0880. The summed E-state index contributed by atoms with van der Waals surface area (Å²) < 4.78 is 10.0. The van der Waals surface area contributed by atoms with Crippen LogP contribution in [0, 0.1) is 0 Å². The molecule has 0 aromatic carbocycles. The van der Waals surface area contributed by atoms with Crippen LogP contribution >= 0.6 is 6.72 Å². The van der Waals surface area contributed by atoms with E-state index in [0.717, 1.165) is 12.8 Å². The summed E-state index contributed by atoms with van der Waals surface area (Å²) in [6.45, 7) is 3.11. The Labute approximate surface area is 173 Å². The molecule has 0 aliphatic rings. The molecule has 27 heavy (non-hydrogen) atoms. The van der Waals surface area contributed by atoms with Crippen molar-refractivity contribution < 1.29 is 19.0 Å². The van der Waals surface area contributed by atoms with Crippen molar-refractivity contribution in [2.75, 3.05) is 6.61 Å². The Morgan fingerprint density at radius 1 is 0.704 bits per heavy atom. The summed E-state index contributed by atoms with van der Waals surface area (Å²) in [7, 11) is 0. The molecule has 0 bridgehead atoms. The Morgan fingerprint density at radius 3 is 1.44 bits per heavy atom. The monoisotopic (exact) mass is 424 g/mol. The van der Waals surface area contributed by atoms with E-state index in [4.69, 9.17) is 25.9 Å². The number of hydrogen-bond donors (Lipinski definition) is 1. The van der Waals surface area contributed by atoms with E-state index in [1.165, 1.54) is 89.9 Å². The van der Waals surface area contributed by atoms with Crippen molar-refractivity contribution in [1.29, 1.82) is 0 Å². The Bertz CT molecular complexity index is 353. The third-order valence-electron chi connectivity index (χ3n) is 4.58. The van der Waals surface area contributed by atoms with Crippen LogP contribution in [0.4, 0.5) is 0 Å². The fourth-order valence-corrected chi connectivity index (χ4v) is 4.00. The average Bonchev–Trinajstić information content (AvgIpc) is 2.62. The van der Waals surface area contributed by atoms with E-state index in [1.807, 2.05) is 13.8 Å². The smallest absolute Gasteiger partial charge is 0.323 e. The molecule has 1 unspecified atom stereocenters. The highest BCUT2D eigenvalue weighted by molar-refractivity contribution is 8.07. The summed E-state index contributed by atoms with van der Waals surface area (Å²) in [5.74, 6) is 0. The summed E-state index contributed by atoms with van der Waals surface area (Å²) in [6.07, 6.45) is 21.2. The van der Waals surface area contributed by atoms with Gasteiger partial charge in [0.05, 0.1) is 12.7 Å². The molecule has 0 radical (unpaired) electrons. The van der Waals surface area contributed by atoms with Gasteiger partial charge in [-0.05, 0) is 32.1 Å². The van der Waals surface area contributed by atoms with Gasteiger partial charge in [-0.2, -0.15) is 0 Å². The van der Waals surface area contributed by atoms with Gasteiger partial charge in [-0.15, -0.1) is 4.67 Å². The first-order valence-electron chi connectivity index (χ1n) is 11.3. The van der Waals surface area contributed by atoms with Gasteiger partial charge in [0.25, 0.3) is 0 Å². The van der Waals surface area contributed by atoms with Crippen LogP contribution in [0.3, 0.4) is 0 Å². The highest BCUT2D eigenvalue weighted by Crippen LogP contribution is 2.44. The maximum absolute atomic E-state index is 9.75. The van der Waals surface area contributed by atoms with Crippen LogP contribution in [-0.4, -0.2) is 17.6 Å². The van der Waals surface area contributed by atoms with Gasteiger partial charge >= 0.3 is 6.72 Å². The Morgan fingerprint density at radius 2 is 1.07 bits per heavy atom. The maximum atomic E-state index is 9.75. The summed E-state index contributed by atoms with van der Waals surface area (Å²) >= 11 is 4.87. The molecule has 0 aliphatic heterocycles. The van der Waals surface area contributed by atoms with Gasteiger partial charge < -0.3 is 9.42 Å². The minimum absolute atomic E-state index is 0.140. The van der Waals surface area contributed by atoms with Crippen molar-refractivity contribution in [3.63, 3.8) is 0 Å². The van der Waals surface area contributed by atoms with E-state index < -0.39 is 6.72 Å². The summed E-state index contributed by atoms with van der Waals surface area (Å²) in [4.78, 5) is 14.6. The highest BCUT2D eigenvalue weighted by Gasteiger charge is 2.16. The minimum Gasteiger partial charge on any atom is -0.323 e. The summed E-state index contributed by atoms with van der Waals surface area (Å²) in [5.41, 5.74) is 0. The molecule has 4 nitrogen and oxygen atoms in total. The first-order valence-corrected chi connectivity index (χ1v) is 13.9. The second-order valence-electron chi connectivity index (χ2n) is 7.82. The van der Waals surface area contributed by atoms with Crippen molar-refractivity contribution in [2.24, 2.45) is 0 Å². The van der Waals surface area contributed by atoms with Gasteiger partial charge in [0.2, 0.25) is 0 Å². The molecular weight excluding hydrogens is 379 g/mol. The molecule has 0 saturated carbocycles. The van der Waals surface area contributed by atoms with E-state index in [1.54, 1.807) is 0 Å². The van der Waals surface area contributed by atoms with Crippen molar-refractivity contribution in [1.82, 2.24) is 0 Å². The van der Waals surface area contributed by atoms with Gasteiger partial charge in [0.15, 0.2) is 0 Å². The van der Waals surface area contributed by atoms with E-state index >= 15 is 0 Å². The highest BCUT2D eigenvalue weighted by atomic mass is 32.5. The van der Waals surface area contributed by atoms with Gasteiger partial charge in [0.1, 0.15) is 0 Å². The van der Waals surface area contributed by atoms with Crippen LogP contribution in [0.1, 0.15) is 124 Å². The molecule has 1 N–H and O–H groups in total. The molecule has 0 saturated heterocycles. The largest absolute Gasteiger partial charge is 0.353 e. The molecule has 0 amide bonds. The van der Waals surface area contributed by atoms with Crippen molar-refractivity contribution in [3.05, 3.63) is 0 Å². The maximum Gasteiger partial charge on any atom is 0.353 e. The first-order chi connectivity index (χ1) is 13.0. The van der Waals surface area contributed by atoms with Crippen LogP contribution in [0.25, 0.3) is 0 Å². The Kier molecular flexibility index (Phi) is 20.2. The average molecular weight is 425 g/mol. The van der Waals surface area contributed by atoms with Gasteiger partial charge in [-0.1, -0.05) is 103 Å². The van der Waals surface area contributed by atoms with Crippen LogP contribution in [0.2, 0.25) is 0 Å². The lowest BCUT2D eigenvalue weighted by molar-refractivity contribution is -0.243. The molecule has 0 heterocycles. The third kappa shape index (κ3) is 22.6. The molecule has 0 rings (SSSR count). The zero-order valence-electron chi connectivity index (χ0n) is 18.1. The predicted molar refractivity (Wildman–Crippen MR) is 119 cm³/mol. The number of rotatable bonds is 21. The number of unbranched alkanes of at least 4 members (excludes halogenated alkanes) is 15. The van der Waals surface area contributed by atoms with E-state index in [0.29, 0.717) is 6.61 Å². The van der Waals surface area contributed by atoms with E-state index in [2.05, 4.69) is 6.92 Å². The van der Waals surface area contributed by atoms with Gasteiger partial charge in [0, 0.05) is 0 Å². The lowest BCUT2D eigenvalue weighted by atomic mass is 10.0. The van der Waals surface area contributed by atoms with E-state index in [9.17, 15) is 4.89 Å². The molecule has 164 valence electrons. The predicted octanol–water partition coefficient (Wildman–Crippen LogP) is 7.84. The lowest BCUT2D eigenvalue weighted by Crippen LogP contribution is -2.04. The van der Waals surface area contributed by atoms with Crippen molar-refractivity contribution in [3.8, 4) is 0 Å². The number of hydrogen-bond acceptors (Lipinski definition) is 4. The molecule has 0 aromatic heterocycles. The van der Waals surface area contributed by atoms with E-state index in [-0.39, 0.29) is 6.10 Å². The fourth-order valence-electron chi connectivity index (χ4n) is 2.99. The summed E-state index contributed by atoms with van der Waals surface area (Å²) in [5, 5.41) is 0. The second-order valence-corrected chi connectivity index (χ2v) is 10.6.